The van der Waals surface area contributed by atoms with Gasteiger partial charge in [0.1, 0.15) is 5.75 Å². The molecule has 2 aliphatic heterocycles. The van der Waals surface area contributed by atoms with Gasteiger partial charge in [-0.15, -0.1) is 0 Å². The minimum atomic E-state index is 0.358. The van der Waals surface area contributed by atoms with Gasteiger partial charge < -0.3 is 18.6 Å². The summed E-state index contributed by atoms with van der Waals surface area (Å²) in [5.41, 5.74) is 0.960. The van der Waals surface area contributed by atoms with Gasteiger partial charge in [0.05, 0.1) is 25.0 Å². The van der Waals surface area contributed by atoms with Crippen LogP contribution in [0.2, 0.25) is 0 Å². The van der Waals surface area contributed by atoms with E-state index >= 15 is 0 Å². The molecule has 2 aliphatic rings. The number of para-hydroxylation sites is 1. The van der Waals surface area contributed by atoms with Crippen molar-refractivity contribution in [2.45, 2.75) is 25.2 Å². The van der Waals surface area contributed by atoms with Crippen LogP contribution in [-0.2, 0) is 9.47 Å². The van der Waals surface area contributed by atoms with Crippen molar-refractivity contribution in [2.75, 3.05) is 33.0 Å². The van der Waals surface area contributed by atoms with Gasteiger partial charge in [-0.1, -0.05) is 12.1 Å². The van der Waals surface area contributed by atoms with Crippen LogP contribution < -0.4 is 4.74 Å². The molecule has 1 unspecified atom stereocenters. The molecule has 0 saturated carbocycles. The van der Waals surface area contributed by atoms with Gasteiger partial charge in [0, 0.05) is 31.7 Å². The van der Waals surface area contributed by atoms with E-state index in [0.29, 0.717) is 18.4 Å². The van der Waals surface area contributed by atoms with E-state index in [9.17, 15) is 0 Å². The van der Waals surface area contributed by atoms with Crippen LogP contribution in [-0.4, -0.2) is 38.0 Å². The van der Waals surface area contributed by atoms with Crippen LogP contribution in [0.1, 0.15) is 31.1 Å². The molecule has 2 fully saturated rings. The van der Waals surface area contributed by atoms with E-state index in [-0.39, 0.29) is 0 Å². The average Bonchev–Trinajstić information content (AvgIpc) is 3.33. The average molecular weight is 329 g/mol. The summed E-state index contributed by atoms with van der Waals surface area (Å²) < 4.78 is 22.9. The number of aromatic nitrogens is 1. The van der Waals surface area contributed by atoms with Crippen molar-refractivity contribution in [3.8, 4) is 17.1 Å². The molecule has 4 rings (SSSR count). The maximum absolute atomic E-state index is 6.05. The molecule has 24 heavy (non-hydrogen) atoms. The Balaban J connectivity index is 1.49. The maximum Gasteiger partial charge on any atom is 0.198 e. The van der Waals surface area contributed by atoms with Crippen molar-refractivity contribution >= 4 is 0 Å². The Morgan fingerprint density at radius 1 is 1.04 bits per heavy atom. The summed E-state index contributed by atoms with van der Waals surface area (Å²) in [6.45, 7) is 3.87. The zero-order valence-electron chi connectivity index (χ0n) is 13.8. The Labute approximate surface area is 141 Å². The smallest absolute Gasteiger partial charge is 0.198 e. The first-order valence-electron chi connectivity index (χ1n) is 8.73. The summed E-state index contributed by atoms with van der Waals surface area (Å²) in [6, 6.07) is 7.99. The van der Waals surface area contributed by atoms with Gasteiger partial charge in [-0.25, -0.2) is 4.98 Å². The molecule has 1 atom stereocenters. The molecule has 2 saturated heterocycles. The topological polar surface area (TPSA) is 53.7 Å². The molecular weight excluding hydrogens is 306 g/mol. The van der Waals surface area contributed by atoms with E-state index in [0.717, 1.165) is 68.7 Å². The van der Waals surface area contributed by atoms with Gasteiger partial charge in [-0.05, 0) is 31.4 Å². The lowest BCUT2D eigenvalue weighted by Gasteiger charge is -2.18. The second kappa shape index (κ2) is 7.36. The second-order valence-electron chi connectivity index (χ2n) is 6.49. The highest BCUT2D eigenvalue weighted by Gasteiger charge is 2.22. The monoisotopic (exact) mass is 329 g/mol. The number of benzene rings is 1. The van der Waals surface area contributed by atoms with Crippen molar-refractivity contribution in [1.29, 1.82) is 0 Å². The molecule has 3 heterocycles. The summed E-state index contributed by atoms with van der Waals surface area (Å²) in [4.78, 5) is 4.50. The highest BCUT2D eigenvalue weighted by atomic mass is 16.5. The predicted octanol–water partition coefficient (Wildman–Crippen LogP) is 3.65. The molecular formula is C19H23NO4. The van der Waals surface area contributed by atoms with Gasteiger partial charge in [-0.3, -0.25) is 0 Å². The van der Waals surface area contributed by atoms with Crippen LogP contribution >= 0.6 is 0 Å². The first kappa shape index (κ1) is 15.7. The number of hydrogen-bond acceptors (Lipinski definition) is 5. The van der Waals surface area contributed by atoms with Crippen molar-refractivity contribution in [3.05, 3.63) is 36.4 Å². The first-order chi connectivity index (χ1) is 11.9. The Hall–Kier alpha value is -1.85. The van der Waals surface area contributed by atoms with E-state index in [1.807, 2.05) is 30.5 Å². The van der Waals surface area contributed by atoms with Gasteiger partial charge in [-0.2, -0.15) is 0 Å². The second-order valence-corrected chi connectivity index (χ2v) is 6.49. The van der Waals surface area contributed by atoms with Crippen molar-refractivity contribution in [3.63, 3.8) is 0 Å². The standard InChI is InChI=1S/C19H23NO4/c1-2-4-17(23-13-14-5-8-22-12-14)16(3-1)18-11-20-19(24-18)15-6-9-21-10-7-15/h1-4,11,14-15H,5-10,12-13H2. The van der Waals surface area contributed by atoms with Crippen LogP contribution in [0.15, 0.2) is 34.9 Å². The number of nitrogens with zero attached hydrogens (tertiary/aromatic N) is 1. The van der Waals surface area contributed by atoms with E-state index < -0.39 is 0 Å². The largest absolute Gasteiger partial charge is 0.492 e. The van der Waals surface area contributed by atoms with E-state index in [4.69, 9.17) is 18.6 Å². The van der Waals surface area contributed by atoms with Gasteiger partial charge >= 0.3 is 0 Å². The van der Waals surface area contributed by atoms with Crippen molar-refractivity contribution in [1.82, 2.24) is 4.98 Å². The molecule has 0 amide bonds. The molecule has 0 bridgehead atoms. The fourth-order valence-electron chi connectivity index (χ4n) is 3.26. The minimum absolute atomic E-state index is 0.358. The van der Waals surface area contributed by atoms with Crippen LogP contribution in [0.25, 0.3) is 11.3 Å². The molecule has 0 N–H and O–H groups in total. The van der Waals surface area contributed by atoms with E-state index in [1.165, 1.54) is 0 Å². The Bertz CT molecular complexity index is 657. The highest BCUT2D eigenvalue weighted by Crippen LogP contribution is 2.34. The zero-order chi connectivity index (χ0) is 16.2. The fraction of sp³-hybridized carbons (Fsp3) is 0.526. The number of rotatable bonds is 5. The maximum atomic E-state index is 6.05. The highest BCUT2D eigenvalue weighted by molar-refractivity contribution is 5.65. The number of oxazole rings is 1. The summed E-state index contributed by atoms with van der Waals surface area (Å²) in [5, 5.41) is 0. The Kier molecular flexibility index (Phi) is 4.81. The lowest BCUT2D eigenvalue weighted by atomic mass is 10.0. The van der Waals surface area contributed by atoms with Gasteiger partial charge in [0.25, 0.3) is 0 Å². The molecule has 2 aromatic rings. The van der Waals surface area contributed by atoms with E-state index in [2.05, 4.69) is 4.98 Å². The third-order valence-electron chi connectivity index (χ3n) is 4.75. The van der Waals surface area contributed by atoms with Crippen molar-refractivity contribution < 1.29 is 18.6 Å². The fourth-order valence-corrected chi connectivity index (χ4v) is 3.26. The number of ether oxygens (including phenoxy) is 3. The quantitative estimate of drug-likeness (QED) is 0.838. The molecule has 5 heteroatoms. The summed E-state index contributed by atoms with van der Waals surface area (Å²) >= 11 is 0. The molecule has 0 radical (unpaired) electrons. The SMILES string of the molecule is c1ccc(-c2cnc(C3CCOCC3)o2)c(OCC2CCOC2)c1. The first-order valence-corrected chi connectivity index (χ1v) is 8.73. The van der Waals surface area contributed by atoms with Crippen molar-refractivity contribution in [2.24, 2.45) is 5.92 Å². The molecule has 5 nitrogen and oxygen atoms in total. The lowest BCUT2D eigenvalue weighted by Crippen LogP contribution is -2.14. The van der Waals surface area contributed by atoms with Gasteiger partial charge in [0.2, 0.25) is 0 Å². The predicted molar refractivity (Wildman–Crippen MR) is 89.2 cm³/mol. The lowest BCUT2D eigenvalue weighted by molar-refractivity contribution is 0.0796. The molecule has 0 aliphatic carbocycles. The normalized spacial score (nSPS) is 21.9. The number of hydrogen-bond donors (Lipinski definition) is 0. The van der Waals surface area contributed by atoms with Gasteiger partial charge in [0.15, 0.2) is 11.7 Å². The molecule has 1 aromatic carbocycles. The summed E-state index contributed by atoms with van der Waals surface area (Å²) in [5.74, 6) is 3.27. The third kappa shape index (κ3) is 3.47. The van der Waals surface area contributed by atoms with Crippen LogP contribution in [0.3, 0.4) is 0 Å². The molecule has 1 aromatic heterocycles. The molecule has 128 valence electrons. The van der Waals surface area contributed by atoms with Crippen LogP contribution in [0.4, 0.5) is 0 Å². The third-order valence-corrected chi connectivity index (χ3v) is 4.75. The molecule has 0 spiro atoms. The Morgan fingerprint density at radius 3 is 2.71 bits per heavy atom. The van der Waals surface area contributed by atoms with E-state index in [1.54, 1.807) is 0 Å². The summed E-state index contributed by atoms with van der Waals surface area (Å²) in [6.07, 6.45) is 4.82. The Morgan fingerprint density at radius 2 is 1.88 bits per heavy atom. The van der Waals surface area contributed by atoms with Crippen LogP contribution in [0, 0.1) is 5.92 Å². The summed E-state index contributed by atoms with van der Waals surface area (Å²) in [7, 11) is 0. The van der Waals surface area contributed by atoms with Crippen LogP contribution in [0.5, 0.6) is 5.75 Å². The minimum Gasteiger partial charge on any atom is -0.492 e. The zero-order valence-corrected chi connectivity index (χ0v) is 13.8.